The molecule has 0 saturated carbocycles. The average molecular weight is 279 g/mol. The van der Waals surface area contributed by atoms with E-state index in [1.165, 1.54) is 0 Å². The van der Waals surface area contributed by atoms with E-state index in [1.807, 2.05) is 30.3 Å². The molecule has 0 aliphatic carbocycles. The third kappa shape index (κ3) is 2.73. The molecule has 1 heterocycles. The highest BCUT2D eigenvalue weighted by atomic mass is 79.9. The van der Waals surface area contributed by atoms with Gasteiger partial charge in [0.05, 0.1) is 11.9 Å². The molecule has 0 fully saturated rings. The number of hydrogen-bond acceptors (Lipinski definition) is 3. The van der Waals surface area contributed by atoms with Gasteiger partial charge in [0.1, 0.15) is 12.4 Å². The Morgan fingerprint density at radius 2 is 1.94 bits per heavy atom. The number of anilines is 1. The number of aromatic nitrogens is 1. The van der Waals surface area contributed by atoms with E-state index in [-0.39, 0.29) is 0 Å². The van der Waals surface area contributed by atoms with Gasteiger partial charge in [-0.25, -0.2) is 0 Å². The molecule has 2 rings (SSSR count). The predicted octanol–water partition coefficient (Wildman–Crippen LogP) is 3.01. The fraction of sp³-hybridized carbons (Fsp3) is 0.0833. The van der Waals surface area contributed by atoms with Gasteiger partial charge in [0.2, 0.25) is 0 Å². The van der Waals surface area contributed by atoms with Crippen molar-refractivity contribution in [2.45, 2.75) is 6.61 Å². The Morgan fingerprint density at radius 1 is 1.19 bits per heavy atom. The van der Waals surface area contributed by atoms with Crippen LogP contribution in [0.4, 0.5) is 5.69 Å². The van der Waals surface area contributed by atoms with Crippen LogP contribution in [-0.2, 0) is 6.61 Å². The van der Waals surface area contributed by atoms with Crippen molar-refractivity contribution in [3.8, 4) is 5.75 Å². The van der Waals surface area contributed by atoms with Crippen LogP contribution in [0.15, 0.2) is 47.2 Å². The number of nitrogens with two attached hydrogens (primary N) is 1. The molecule has 0 atom stereocenters. The minimum Gasteiger partial charge on any atom is -0.489 e. The summed E-state index contributed by atoms with van der Waals surface area (Å²) in [6.07, 6.45) is 3.33. The molecule has 0 aliphatic rings. The monoisotopic (exact) mass is 278 g/mol. The smallest absolute Gasteiger partial charge is 0.119 e. The number of halogens is 1. The summed E-state index contributed by atoms with van der Waals surface area (Å²) in [4.78, 5) is 3.92. The van der Waals surface area contributed by atoms with Gasteiger partial charge in [-0.3, -0.25) is 4.98 Å². The summed E-state index contributed by atoms with van der Waals surface area (Å²) in [6, 6.07) is 9.54. The Morgan fingerprint density at radius 3 is 2.62 bits per heavy atom. The Bertz CT molecular complexity index is 471. The highest BCUT2D eigenvalue weighted by molar-refractivity contribution is 9.10. The van der Waals surface area contributed by atoms with Crippen LogP contribution >= 0.6 is 15.9 Å². The molecular formula is C12H11BrN2O. The molecule has 4 heteroatoms. The molecule has 16 heavy (non-hydrogen) atoms. The number of rotatable bonds is 3. The molecule has 2 N–H and O–H groups in total. The predicted molar refractivity (Wildman–Crippen MR) is 67.1 cm³/mol. The second-order valence-corrected chi connectivity index (χ2v) is 4.23. The van der Waals surface area contributed by atoms with Crippen molar-refractivity contribution in [3.05, 3.63) is 52.8 Å². The Kier molecular flexibility index (Phi) is 3.41. The van der Waals surface area contributed by atoms with Crippen LogP contribution in [-0.4, -0.2) is 4.98 Å². The number of benzene rings is 1. The van der Waals surface area contributed by atoms with Crippen LogP contribution in [0.25, 0.3) is 0 Å². The molecule has 3 nitrogen and oxygen atoms in total. The van der Waals surface area contributed by atoms with E-state index in [1.54, 1.807) is 12.4 Å². The molecule has 0 saturated heterocycles. The van der Waals surface area contributed by atoms with Crippen LogP contribution in [0.1, 0.15) is 5.56 Å². The number of ether oxygens (including phenoxy) is 1. The SMILES string of the molecule is Nc1cnccc1COc1ccc(Br)cc1. The first-order valence-electron chi connectivity index (χ1n) is 4.82. The third-order valence-corrected chi connectivity index (χ3v) is 2.68. The van der Waals surface area contributed by atoms with E-state index in [4.69, 9.17) is 10.5 Å². The maximum atomic E-state index is 5.76. The highest BCUT2D eigenvalue weighted by Crippen LogP contribution is 2.18. The minimum atomic E-state index is 0.454. The van der Waals surface area contributed by atoms with Crippen LogP contribution in [0.2, 0.25) is 0 Å². The zero-order valence-corrected chi connectivity index (χ0v) is 10.1. The molecule has 0 bridgehead atoms. The molecule has 82 valence electrons. The second kappa shape index (κ2) is 4.99. The third-order valence-electron chi connectivity index (χ3n) is 2.15. The highest BCUT2D eigenvalue weighted by Gasteiger charge is 1.99. The molecule has 0 spiro atoms. The Balaban J connectivity index is 2.02. The van der Waals surface area contributed by atoms with Crippen molar-refractivity contribution in [1.82, 2.24) is 4.98 Å². The minimum absolute atomic E-state index is 0.454. The van der Waals surface area contributed by atoms with Crippen molar-refractivity contribution < 1.29 is 4.74 Å². The van der Waals surface area contributed by atoms with Gasteiger partial charge in [0.15, 0.2) is 0 Å². The van der Waals surface area contributed by atoms with Gasteiger partial charge in [0, 0.05) is 16.2 Å². The maximum Gasteiger partial charge on any atom is 0.119 e. The molecule has 0 unspecified atom stereocenters. The van der Waals surface area contributed by atoms with Crippen molar-refractivity contribution in [3.63, 3.8) is 0 Å². The van der Waals surface area contributed by atoms with Crippen molar-refractivity contribution >= 4 is 21.6 Å². The molecular weight excluding hydrogens is 268 g/mol. The van der Waals surface area contributed by atoms with E-state index < -0.39 is 0 Å². The average Bonchev–Trinajstić information content (AvgIpc) is 2.30. The maximum absolute atomic E-state index is 5.76. The van der Waals surface area contributed by atoms with E-state index in [0.29, 0.717) is 12.3 Å². The number of nitrogen functional groups attached to an aromatic ring is 1. The zero-order valence-electron chi connectivity index (χ0n) is 8.56. The molecule has 1 aromatic carbocycles. The Labute approximate surface area is 102 Å². The lowest BCUT2D eigenvalue weighted by Crippen LogP contribution is -2.00. The largest absolute Gasteiger partial charge is 0.489 e. The fourth-order valence-electron chi connectivity index (χ4n) is 1.26. The summed E-state index contributed by atoms with van der Waals surface area (Å²) in [5.74, 6) is 0.819. The van der Waals surface area contributed by atoms with Gasteiger partial charge >= 0.3 is 0 Å². The first kappa shape index (κ1) is 11.0. The fourth-order valence-corrected chi connectivity index (χ4v) is 1.52. The topological polar surface area (TPSA) is 48.1 Å². The van der Waals surface area contributed by atoms with Gasteiger partial charge < -0.3 is 10.5 Å². The molecule has 0 amide bonds. The normalized spacial score (nSPS) is 10.1. The first-order valence-corrected chi connectivity index (χ1v) is 5.62. The van der Waals surface area contributed by atoms with Crippen LogP contribution < -0.4 is 10.5 Å². The summed E-state index contributed by atoms with van der Waals surface area (Å²) in [5, 5.41) is 0. The van der Waals surface area contributed by atoms with Gasteiger partial charge in [0.25, 0.3) is 0 Å². The van der Waals surface area contributed by atoms with Crippen molar-refractivity contribution in [2.24, 2.45) is 0 Å². The van der Waals surface area contributed by atoms with Crippen LogP contribution in [0.3, 0.4) is 0 Å². The summed E-state index contributed by atoms with van der Waals surface area (Å²) >= 11 is 3.37. The first-order chi connectivity index (χ1) is 7.75. The lowest BCUT2D eigenvalue weighted by atomic mass is 10.2. The number of hydrogen-bond donors (Lipinski definition) is 1. The summed E-state index contributed by atoms with van der Waals surface area (Å²) < 4.78 is 6.63. The van der Waals surface area contributed by atoms with Crippen molar-refractivity contribution in [2.75, 3.05) is 5.73 Å². The van der Waals surface area contributed by atoms with Gasteiger partial charge in [-0.2, -0.15) is 0 Å². The van der Waals surface area contributed by atoms with Crippen molar-refractivity contribution in [1.29, 1.82) is 0 Å². The second-order valence-electron chi connectivity index (χ2n) is 3.32. The van der Waals surface area contributed by atoms with Gasteiger partial charge in [-0.05, 0) is 30.3 Å². The van der Waals surface area contributed by atoms with Crippen LogP contribution in [0, 0.1) is 0 Å². The standard InChI is InChI=1S/C12H11BrN2O/c13-10-1-3-11(4-2-10)16-8-9-5-6-15-7-12(9)14/h1-7H,8,14H2. The summed E-state index contributed by atoms with van der Waals surface area (Å²) in [7, 11) is 0. The summed E-state index contributed by atoms with van der Waals surface area (Å²) in [5.41, 5.74) is 7.35. The zero-order chi connectivity index (χ0) is 11.4. The molecule has 0 radical (unpaired) electrons. The quantitative estimate of drug-likeness (QED) is 0.939. The van der Waals surface area contributed by atoms with E-state index in [0.717, 1.165) is 15.8 Å². The lowest BCUT2D eigenvalue weighted by Gasteiger charge is -2.07. The Hall–Kier alpha value is -1.55. The van der Waals surface area contributed by atoms with E-state index in [9.17, 15) is 0 Å². The number of nitrogens with zero attached hydrogens (tertiary/aromatic N) is 1. The van der Waals surface area contributed by atoms with E-state index in [2.05, 4.69) is 20.9 Å². The molecule has 2 aromatic rings. The van der Waals surface area contributed by atoms with Gasteiger partial charge in [-0.1, -0.05) is 15.9 Å². The molecule has 0 aliphatic heterocycles. The van der Waals surface area contributed by atoms with Crippen LogP contribution in [0.5, 0.6) is 5.75 Å². The molecule has 1 aromatic heterocycles. The lowest BCUT2D eigenvalue weighted by molar-refractivity contribution is 0.307. The van der Waals surface area contributed by atoms with Gasteiger partial charge in [-0.15, -0.1) is 0 Å². The summed E-state index contributed by atoms with van der Waals surface area (Å²) in [6.45, 7) is 0.454. The van der Waals surface area contributed by atoms with E-state index >= 15 is 0 Å². The number of pyridine rings is 1.